The van der Waals surface area contributed by atoms with Gasteiger partial charge in [0.2, 0.25) is 10.0 Å². The topological polar surface area (TPSA) is 49.4 Å². The van der Waals surface area contributed by atoms with Gasteiger partial charge in [-0.25, -0.2) is 12.7 Å². The summed E-state index contributed by atoms with van der Waals surface area (Å²) in [6.07, 6.45) is 3.05. The van der Waals surface area contributed by atoms with E-state index in [2.05, 4.69) is 12.2 Å². The highest BCUT2D eigenvalue weighted by Gasteiger charge is 2.21. The van der Waals surface area contributed by atoms with E-state index in [0.29, 0.717) is 11.4 Å². The molecule has 1 aromatic heterocycles. The largest absolute Gasteiger partial charge is 0.312 e. The maximum atomic E-state index is 12.3. The molecule has 110 valence electrons. The number of nitrogens with zero attached hydrogens (tertiary/aromatic N) is 1. The molecule has 1 heterocycles. The van der Waals surface area contributed by atoms with Crippen LogP contribution in [0.5, 0.6) is 0 Å². The second-order valence-corrected chi connectivity index (χ2v) is 8.27. The van der Waals surface area contributed by atoms with Crippen LogP contribution in [0, 0.1) is 0 Å². The van der Waals surface area contributed by atoms with E-state index < -0.39 is 10.0 Å². The first-order chi connectivity index (χ1) is 9.02. The van der Waals surface area contributed by atoms with Crippen LogP contribution in [-0.4, -0.2) is 44.9 Å². The van der Waals surface area contributed by atoms with E-state index in [1.807, 2.05) is 6.26 Å². The summed E-state index contributed by atoms with van der Waals surface area (Å²) >= 11 is 3.14. The molecular formula is C12H22N2O2S3. The summed E-state index contributed by atoms with van der Waals surface area (Å²) in [7, 11) is -1.68. The van der Waals surface area contributed by atoms with Gasteiger partial charge in [-0.2, -0.15) is 11.8 Å². The predicted molar refractivity (Wildman–Crippen MR) is 84.5 cm³/mol. The molecule has 0 saturated heterocycles. The third-order valence-corrected chi connectivity index (χ3v) is 6.19. The molecule has 1 N–H and O–H groups in total. The quantitative estimate of drug-likeness (QED) is 0.708. The second kappa shape index (κ2) is 8.26. The molecule has 1 rings (SSSR count). The SMILES string of the molecule is CCCNCc1cc(S(=O)(=O)N(C)CCSC)cs1. The molecule has 0 aliphatic carbocycles. The monoisotopic (exact) mass is 322 g/mol. The van der Waals surface area contributed by atoms with Crippen LogP contribution in [0.2, 0.25) is 0 Å². The lowest BCUT2D eigenvalue weighted by Crippen LogP contribution is -2.28. The van der Waals surface area contributed by atoms with Gasteiger partial charge in [-0.15, -0.1) is 11.3 Å². The lowest BCUT2D eigenvalue weighted by atomic mass is 10.4. The average molecular weight is 323 g/mol. The lowest BCUT2D eigenvalue weighted by Gasteiger charge is -2.15. The standard InChI is InChI=1S/C12H22N2O2S3/c1-4-5-13-9-11-8-12(10-18-11)19(15,16)14(2)6-7-17-3/h8,10,13H,4-7,9H2,1-3H3. The van der Waals surface area contributed by atoms with Gasteiger partial charge < -0.3 is 5.32 Å². The van der Waals surface area contributed by atoms with Gasteiger partial charge in [-0.1, -0.05) is 6.92 Å². The molecule has 0 amide bonds. The van der Waals surface area contributed by atoms with Crippen molar-refractivity contribution in [1.29, 1.82) is 0 Å². The van der Waals surface area contributed by atoms with Gasteiger partial charge in [0.15, 0.2) is 0 Å². The van der Waals surface area contributed by atoms with Crippen LogP contribution in [0.3, 0.4) is 0 Å². The highest BCUT2D eigenvalue weighted by Crippen LogP contribution is 2.22. The summed E-state index contributed by atoms with van der Waals surface area (Å²) in [5, 5.41) is 5.01. The number of nitrogens with one attached hydrogen (secondary N) is 1. The molecule has 1 aromatic rings. The van der Waals surface area contributed by atoms with E-state index in [4.69, 9.17) is 0 Å². The minimum absolute atomic E-state index is 0.411. The van der Waals surface area contributed by atoms with Crippen molar-refractivity contribution in [3.05, 3.63) is 16.3 Å². The van der Waals surface area contributed by atoms with Crippen LogP contribution in [0.1, 0.15) is 18.2 Å². The van der Waals surface area contributed by atoms with Crippen molar-refractivity contribution in [3.63, 3.8) is 0 Å². The minimum Gasteiger partial charge on any atom is -0.312 e. The average Bonchev–Trinajstić information content (AvgIpc) is 2.85. The van der Waals surface area contributed by atoms with E-state index >= 15 is 0 Å². The molecule has 4 nitrogen and oxygen atoms in total. The molecule has 0 unspecified atom stereocenters. The molecule has 0 saturated carbocycles. The van der Waals surface area contributed by atoms with Gasteiger partial charge >= 0.3 is 0 Å². The molecule has 19 heavy (non-hydrogen) atoms. The molecule has 0 bridgehead atoms. The van der Waals surface area contributed by atoms with Crippen LogP contribution < -0.4 is 5.32 Å². The van der Waals surface area contributed by atoms with Crippen LogP contribution in [0.15, 0.2) is 16.3 Å². The summed E-state index contributed by atoms with van der Waals surface area (Å²) in [6, 6.07) is 1.78. The molecular weight excluding hydrogens is 300 g/mol. The number of hydrogen-bond acceptors (Lipinski definition) is 5. The molecule has 0 atom stereocenters. The van der Waals surface area contributed by atoms with E-state index in [9.17, 15) is 8.42 Å². The Morgan fingerprint density at radius 3 is 2.84 bits per heavy atom. The van der Waals surface area contributed by atoms with Crippen molar-refractivity contribution in [2.24, 2.45) is 0 Å². The van der Waals surface area contributed by atoms with E-state index in [-0.39, 0.29) is 0 Å². The second-order valence-electron chi connectivity index (χ2n) is 4.24. The molecule has 0 aliphatic rings. The zero-order valence-corrected chi connectivity index (χ0v) is 14.1. The maximum absolute atomic E-state index is 12.3. The summed E-state index contributed by atoms with van der Waals surface area (Å²) < 4.78 is 26.0. The summed E-state index contributed by atoms with van der Waals surface area (Å²) in [5.41, 5.74) is 0. The van der Waals surface area contributed by atoms with Crippen LogP contribution >= 0.6 is 23.1 Å². The molecule has 0 radical (unpaired) electrons. The number of hydrogen-bond donors (Lipinski definition) is 1. The van der Waals surface area contributed by atoms with Gasteiger partial charge in [-0.3, -0.25) is 0 Å². The third kappa shape index (κ3) is 5.07. The molecule has 0 spiro atoms. The minimum atomic E-state index is -3.32. The summed E-state index contributed by atoms with van der Waals surface area (Å²) in [6.45, 7) is 4.34. The number of rotatable bonds is 9. The maximum Gasteiger partial charge on any atom is 0.243 e. The van der Waals surface area contributed by atoms with Gasteiger partial charge in [0.25, 0.3) is 0 Å². The van der Waals surface area contributed by atoms with Crippen molar-refractivity contribution in [2.45, 2.75) is 24.8 Å². The molecule has 0 fully saturated rings. The lowest BCUT2D eigenvalue weighted by molar-refractivity contribution is 0.489. The summed E-state index contributed by atoms with van der Waals surface area (Å²) in [4.78, 5) is 1.47. The smallest absolute Gasteiger partial charge is 0.243 e. The fourth-order valence-corrected chi connectivity index (χ4v) is 4.47. The van der Waals surface area contributed by atoms with Crippen LogP contribution in [-0.2, 0) is 16.6 Å². The Morgan fingerprint density at radius 2 is 2.21 bits per heavy atom. The van der Waals surface area contributed by atoms with Crippen molar-refractivity contribution < 1.29 is 8.42 Å². The first-order valence-electron chi connectivity index (χ1n) is 6.25. The van der Waals surface area contributed by atoms with Crippen LogP contribution in [0.4, 0.5) is 0 Å². The third-order valence-electron chi connectivity index (χ3n) is 2.67. The molecule has 0 aromatic carbocycles. The Kier molecular flexibility index (Phi) is 7.38. The highest BCUT2D eigenvalue weighted by molar-refractivity contribution is 7.98. The van der Waals surface area contributed by atoms with Gasteiger partial charge in [0.1, 0.15) is 0 Å². The van der Waals surface area contributed by atoms with E-state index in [1.54, 1.807) is 30.3 Å². The Bertz CT molecular complexity index is 471. The van der Waals surface area contributed by atoms with Gasteiger partial charge in [0, 0.05) is 36.1 Å². The van der Waals surface area contributed by atoms with Crippen molar-refractivity contribution in [3.8, 4) is 0 Å². The molecule has 7 heteroatoms. The van der Waals surface area contributed by atoms with Crippen LogP contribution in [0.25, 0.3) is 0 Å². The first-order valence-corrected chi connectivity index (χ1v) is 9.97. The first kappa shape index (κ1) is 17.0. The van der Waals surface area contributed by atoms with E-state index in [0.717, 1.165) is 30.1 Å². The Labute approximate surface area is 124 Å². The van der Waals surface area contributed by atoms with Gasteiger partial charge in [-0.05, 0) is 25.3 Å². The van der Waals surface area contributed by atoms with Gasteiger partial charge in [0.05, 0.1) is 4.90 Å². The Morgan fingerprint density at radius 1 is 1.47 bits per heavy atom. The zero-order chi connectivity index (χ0) is 14.3. The fraction of sp³-hybridized carbons (Fsp3) is 0.667. The normalized spacial score (nSPS) is 12.2. The van der Waals surface area contributed by atoms with Crippen molar-refractivity contribution >= 4 is 33.1 Å². The number of sulfonamides is 1. The Balaban J connectivity index is 2.68. The molecule has 0 aliphatic heterocycles. The van der Waals surface area contributed by atoms with Crippen molar-refractivity contribution in [2.75, 3.05) is 32.1 Å². The summed E-state index contributed by atoms with van der Waals surface area (Å²) in [5.74, 6) is 0.810. The number of thioether (sulfide) groups is 1. The van der Waals surface area contributed by atoms with E-state index in [1.165, 1.54) is 15.6 Å². The zero-order valence-electron chi connectivity index (χ0n) is 11.7. The Hall–Kier alpha value is -0.0800. The number of thiophene rings is 1. The van der Waals surface area contributed by atoms with Crippen molar-refractivity contribution in [1.82, 2.24) is 9.62 Å². The highest BCUT2D eigenvalue weighted by atomic mass is 32.2. The fourth-order valence-electron chi connectivity index (χ4n) is 1.50. The predicted octanol–water partition coefficient (Wildman–Crippen LogP) is 2.23.